The van der Waals surface area contributed by atoms with Gasteiger partial charge in [-0.25, -0.2) is 0 Å². The zero-order chi connectivity index (χ0) is 11.5. The lowest BCUT2D eigenvalue weighted by molar-refractivity contribution is -0.117. The topological polar surface area (TPSA) is 23.6 Å². The Hall–Kier alpha value is -0.410. The minimum Gasteiger partial charge on any atom is -0.309 e. The number of carbonyl (C=O) groups excluding carboxylic acids is 1. The van der Waals surface area contributed by atoms with Gasteiger partial charge in [-0.3, -0.25) is 9.69 Å². The van der Waals surface area contributed by atoms with Crippen LogP contribution in [0, 0.1) is 5.92 Å². The summed E-state index contributed by atoms with van der Waals surface area (Å²) in [4.78, 5) is 16.0. The average molecular weight is 224 g/mol. The molecule has 2 rings (SSSR count). The highest BCUT2D eigenvalue weighted by molar-refractivity contribution is 5.82. The van der Waals surface area contributed by atoms with Crippen LogP contribution in [0.2, 0.25) is 0 Å². The fourth-order valence-corrected chi connectivity index (χ4v) is 3.17. The molecule has 1 saturated heterocycles. The van der Waals surface area contributed by atoms with Crippen LogP contribution in [0.25, 0.3) is 0 Å². The van der Waals surface area contributed by atoms with E-state index in [1.54, 1.807) is 0 Å². The van der Waals surface area contributed by atoms with Gasteiger partial charge < -0.3 is 4.90 Å². The molecule has 0 amide bonds. The Morgan fingerprint density at radius 1 is 1.25 bits per heavy atom. The first kappa shape index (κ1) is 12.1. The van der Waals surface area contributed by atoms with Crippen LogP contribution in [-0.4, -0.2) is 55.4 Å². The Kier molecular flexibility index (Phi) is 3.98. The van der Waals surface area contributed by atoms with Crippen molar-refractivity contribution in [2.75, 3.05) is 33.7 Å². The maximum Gasteiger partial charge on any atom is 0.148 e. The number of Topliss-reactive ketones (excluding diaryl/α,β-unsaturated/α-hetero) is 1. The molecule has 1 aliphatic carbocycles. The molecular formula is C13H24N2O. The largest absolute Gasteiger partial charge is 0.309 e. The van der Waals surface area contributed by atoms with Crippen LogP contribution in [0.1, 0.15) is 32.1 Å². The molecule has 16 heavy (non-hydrogen) atoms. The summed E-state index contributed by atoms with van der Waals surface area (Å²) in [7, 11) is 4.32. The molecule has 0 unspecified atom stereocenters. The van der Waals surface area contributed by atoms with E-state index in [2.05, 4.69) is 23.9 Å². The zero-order valence-electron chi connectivity index (χ0n) is 10.6. The van der Waals surface area contributed by atoms with Gasteiger partial charge in [-0.1, -0.05) is 0 Å². The zero-order valence-corrected chi connectivity index (χ0v) is 10.6. The van der Waals surface area contributed by atoms with Crippen molar-refractivity contribution in [3.8, 4) is 0 Å². The molecule has 0 aromatic rings. The number of carbonyl (C=O) groups is 1. The van der Waals surface area contributed by atoms with Gasteiger partial charge in [-0.2, -0.15) is 0 Å². The lowest BCUT2D eigenvalue weighted by Crippen LogP contribution is -2.38. The van der Waals surface area contributed by atoms with Gasteiger partial charge in [0.05, 0.1) is 6.54 Å². The van der Waals surface area contributed by atoms with Crippen LogP contribution in [0.5, 0.6) is 0 Å². The van der Waals surface area contributed by atoms with E-state index in [1.165, 1.54) is 32.2 Å². The standard InChI is InChI=1S/C13H24N2O/c1-14(2)9-11-3-5-12(6-4-11)15-8-7-13(16)10-15/h11-12H,3-10H2,1-2H3. The van der Waals surface area contributed by atoms with E-state index in [-0.39, 0.29) is 0 Å². The highest BCUT2D eigenvalue weighted by atomic mass is 16.1. The van der Waals surface area contributed by atoms with Crippen molar-refractivity contribution in [2.45, 2.75) is 38.1 Å². The van der Waals surface area contributed by atoms with Crippen LogP contribution < -0.4 is 0 Å². The number of ketones is 1. The number of nitrogens with zero attached hydrogens (tertiary/aromatic N) is 2. The minimum atomic E-state index is 0.440. The quantitative estimate of drug-likeness (QED) is 0.723. The molecule has 0 aromatic carbocycles. The first-order valence-electron chi connectivity index (χ1n) is 6.55. The summed E-state index contributed by atoms with van der Waals surface area (Å²) in [6.45, 7) is 2.97. The predicted molar refractivity (Wildman–Crippen MR) is 65.5 cm³/mol. The van der Waals surface area contributed by atoms with E-state index in [1.807, 2.05) is 0 Å². The van der Waals surface area contributed by atoms with Crippen molar-refractivity contribution >= 4 is 5.78 Å². The van der Waals surface area contributed by atoms with E-state index in [9.17, 15) is 4.79 Å². The van der Waals surface area contributed by atoms with E-state index in [0.717, 1.165) is 25.4 Å². The Bertz CT molecular complexity index is 244. The Morgan fingerprint density at radius 2 is 1.94 bits per heavy atom. The lowest BCUT2D eigenvalue weighted by atomic mass is 9.85. The molecule has 92 valence electrons. The molecule has 3 heteroatoms. The SMILES string of the molecule is CN(C)CC1CCC(N2CCC(=O)C2)CC1. The molecular weight excluding hydrogens is 200 g/mol. The molecule has 0 spiro atoms. The fraction of sp³-hybridized carbons (Fsp3) is 0.923. The Balaban J connectivity index is 1.74. The highest BCUT2D eigenvalue weighted by Gasteiger charge is 2.30. The van der Waals surface area contributed by atoms with Crippen LogP contribution >= 0.6 is 0 Å². The van der Waals surface area contributed by atoms with Gasteiger partial charge in [0.2, 0.25) is 0 Å². The van der Waals surface area contributed by atoms with Crippen molar-refractivity contribution in [3.05, 3.63) is 0 Å². The number of hydrogen-bond acceptors (Lipinski definition) is 3. The van der Waals surface area contributed by atoms with Gasteiger partial charge in [0.1, 0.15) is 5.78 Å². The first-order valence-corrected chi connectivity index (χ1v) is 6.55. The van der Waals surface area contributed by atoms with E-state index in [4.69, 9.17) is 0 Å². The Morgan fingerprint density at radius 3 is 2.44 bits per heavy atom. The summed E-state index contributed by atoms with van der Waals surface area (Å²) in [5, 5.41) is 0. The molecule has 0 bridgehead atoms. The summed E-state index contributed by atoms with van der Waals surface area (Å²) < 4.78 is 0. The molecule has 1 heterocycles. The van der Waals surface area contributed by atoms with Crippen molar-refractivity contribution in [1.82, 2.24) is 9.80 Å². The molecule has 1 aliphatic heterocycles. The average Bonchev–Trinajstić information content (AvgIpc) is 2.65. The van der Waals surface area contributed by atoms with Gasteiger partial charge in [0.25, 0.3) is 0 Å². The van der Waals surface area contributed by atoms with Gasteiger partial charge in [0, 0.05) is 25.6 Å². The molecule has 1 saturated carbocycles. The minimum absolute atomic E-state index is 0.440. The maximum atomic E-state index is 11.3. The molecule has 0 atom stereocenters. The maximum absolute atomic E-state index is 11.3. The molecule has 0 radical (unpaired) electrons. The van der Waals surface area contributed by atoms with E-state index in [0.29, 0.717) is 11.8 Å². The molecule has 0 N–H and O–H groups in total. The summed E-state index contributed by atoms with van der Waals surface area (Å²) in [6, 6.07) is 0.699. The number of likely N-dealkylation sites (tertiary alicyclic amines) is 1. The third-order valence-electron chi connectivity index (χ3n) is 4.01. The summed E-state index contributed by atoms with van der Waals surface area (Å²) in [5.74, 6) is 1.32. The monoisotopic (exact) mass is 224 g/mol. The molecule has 3 nitrogen and oxygen atoms in total. The van der Waals surface area contributed by atoms with Gasteiger partial charge in [-0.05, 0) is 45.7 Å². The summed E-state index contributed by atoms with van der Waals surface area (Å²) in [6.07, 6.45) is 6.07. The van der Waals surface area contributed by atoms with Gasteiger partial charge in [0.15, 0.2) is 0 Å². The Labute approximate surface area is 98.8 Å². The van der Waals surface area contributed by atoms with Crippen LogP contribution in [0.4, 0.5) is 0 Å². The second-order valence-corrected chi connectivity index (χ2v) is 5.70. The normalized spacial score (nSPS) is 32.6. The number of rotatable bonds is 3. The van der Waals surface area contributed by atoms with Crippen molar-refractivity contribution in [2.24, 2.45) is 5.92 Å². The predicted octanol–water partition coefficient (Wildman–Crippen LogP) is 1.38. The smallest absolute Gasteiger partial charge is 0.148 e. The van der Waals surface area contributed by atoms with Crippen molar-refractivity contribution < 1.29 is 4.79 Å². The molecule has 2 fully saturated rings. The third-order valence-corrected chi connectivity index (χ3v) is 4.01. The van der Waals surface area contributed by atoms with Crippen molar-refractivity contribution in [3.63, 3.8) is 0 Å². The first-order chi connectivity index (χ1) is 7.65. The fourth-order valence-electron chi connectivity index (χ4n) is 3.17. The molecule has 2 aliphatic rings. The van der Waals surface area contributed by atoms with Crippen LogP contribution in [0.3, 0.4) is 0 Å². The lowest BCUT2D eigenvalue weighted by Gasteiger charge is -2.35. The van der Waals surface area contributed by atoms with E-state index < -0.39 is 0 Å². The second kappa shape index (κ2) is 5.28. The summed E-state index contributed by atoms with van der Waals surface area (Å²) >= 11 is 0. The van der Waals surface area contributed by atoms with Crippen molar-refractivity contribution in [1.29, 1.82) is 0 Å². The van der Waals surface area contributed by atoms with Crippen LogP contribution in [0.15, 0.2) is 0 Å². The summed E-state index contributed by atoms with van der Waals surface area (Å²) in [5.41, 5.74) is 0. The van der Waals surface area contributed by atoms with E-state index >= 15 is 0 Å². The van der Waals surface area contributed by atoms with Gasteiger partial charge in [-0.15, -0.1) is 0 Å². The second-order valence-electron chi connectivity index (χ2n) is 5.70. The number of hydrogen-bond donors (Lipinski definition) is 0. The third kappa shape index (κ3) is 3.05. The highest BCUT2D eigenvalue weighted by Crippen LogP contribution is 2.29. The van der Waals surface area contributed by atoms with Crippen LogP contribution in [-0.2, 0) is 4.79 Å². The molecule has 0 aromatic heterocycles. The van der Waals surface area contributed by atoms with Gasteiger partial charge >= 0.3 is 0 Å².